The molecule has 0 unspecified atom stereocenters. The minimum Gasteiger partial charge on any atom is -0.390 e. The van der Waals surface area contributed by atoms with Crippen LogP contribution in [-0.2, 0) is 11.4 Å². The van der Waals surface area contributed by atoms with Crippen molar-refractivity contribution < 1.29 is 4.84 Å². The van der Waals surface area contributed by atoms with E-state index in [4.69, 9.17) is 10.1 Å². The second kappa shape index (κ2) is 6.21. The topological polar surface area (TPSA) is 45.4 Å². The average molecular weight is 235 g/mol. The molecule has 0 aromatic heterocycles. The number of rotatable bonds is 4. The standard InChI is InChI=1S/C15H11N2O/c16-10-14-8-4-5-9-15(14)11-17-18-12-13-6-2-1-3-7-13/h1-9H,12H2. The molecule has 0 aliphatic carbocycles. The monoisotopic (exact) mass is 235 g/mol. The summed E-state index contributed by atoms with van der Waals surface area (Å²) in [5, 5.41) is 12.6. The van der Waals surface area contributed by atoms with E-state index < -0.39 is 0 Å². The molecule has 0 aliphatic heterocycles. The third-order valence-corrected chi connectivity index (χ3v) is 2.35. The summed E-state index contributed by atoms with van der Waals surface area (Å²) in [6.07, 6.45) is 2.71. The highest BCUT2D eigenvalue weighted by Gasteiger charge is 1.97. The van der Waals surface area contributed by atoms with E-state index in [2.05, 4.69) is 17.4 Å². The van der Waals surface area contributed by atoms with Crippen LogP contribution in [0, 0.1) is 11.3 Å². The van der Waals surface area contributed by atoms with Crippen molar-refractivity contribution in [2.45, 2.75) is 6.61 Å². The third-order valence-electron chi connectivity index (χ3n) is 2.35. The minimum atomic E-state index is 0.391. The zero-order valence-corrected chi connectivity index (χ0v) is 9.71. The lowest BCUT2D eigenvalue weighted by Gasteiger charge is -1.98. The molecule has 0 saturated heterocycles. The second-order valence-corrected chi connectivity index (χ2v) is 3.62. The van der Waals surface area contributed by atoms with E-state index in [1.54, 1.807) is 18.2 Å². The fourth-order valence-electron chi connectivity index (χ4n) is 1.44. The smallest absolute Gasteiger partial charge is 0.142 e. The maximum Gasteiger partial charge on any atom is 0.142 e. The fraction of sp³-hybridized carbons (Fsp3) is 0.0667. The number of hydrogen-bond acceptors (Lipinski definition) is 3. The molecule has 0 bridgehead atoms. The van der Waals surface area contributed by atoms with Crippen LogP contribution in [0.3, 0.4) is 0 Å². The van der Waals surface area contributed by atoms with Crippen molar-refractivity contribution in [3.63, 3.8) is 0 Å². The largest absolute Gasteiger partial charge is 0.390 e. The van der Waals surface area contributed by atoms with Gasteiger partial charge in [0.25, 0.3) is 0 Å². The zero-order chi connectivity index (χ0) is 12.6. The Hall–Kier alpha value is -2.60. The molecule has 2 rings (SSSR count). The molecule has 0 heterocycles. The first-order valence-corrected chi connectivity index (χ1v) is 5.51. The number of nitriles is 1. The Labute approximate surface area is 106 Å². The van der Waals surface area contributed by atoms with Crippen LogP contribution in [0.2, 0.25) is 0 Å². The van der Waals surface area contributed by atoms with Crippen molar-refractivity contribution in [3.05, 3.63) is 71.3 Å². The van der Waals surface area contributed by atoms with Gasteiger partial charge in [0.15, 0.2) is 0 Å². The first kappa shape index (κ1) is 11.9. The molecule has 0 N–H and O–H groups in total. The van der Waals surface area contributed by atoms with E-state index in [-0.39, 0.29) is 0 Å². The predicted octanol–water partition coefficient (Wildman–Crippen LogP) is 2.99. The van der Waals surface area contributed by atoms with E-state index >= 15 is 0 Å². The molecule has 0 saturated carbocycles. The lowest BCUT2D eigenvalue weighted by molar-refractivity contribution is 0.132. The quantitative estimate of drug-likeness (QED) is 0.604. The summed E-state index contributed by atoms with van der Waals surface area (Å²) in [7, 11) is 0. The molecule has 0 amide bonds. The van der Waals surface area contributed by atoms with Gasteiger partial charge < -0.3 is 4.84 Å². The number of benzene rings is 2. The maximum atomic E-state index is 8.88. The predicted molar refractivity (Wildman–Crippen MR) is 68.9 cm³/mol. The van der Waals surface area contributed by atoms with Crippen LogP contribution in [0.1, 0.15) is 16.7 Å². The van der Waals surface area contributed by atoms with Gasteiger partial charge in [-0.25, -0.2) is 0 Å². The lowest BCUT2D eigenvalue weighted by atomic mass is 10.1. The second-order valence-electron chi connectivity index (χ2n) is 3.62. The molecule has 2 aromatic carbocycles. The molecule has 3 heteroatoms. The summed E-state index contributed by atoms with van der Waals surface area (Å²) in [6.45, 7) is 0.391. The molecule has 3 nitrogen and oxygen atoms in total. The van der Waals surface area contributed by atoms with Gasteiger partial charge in [-0.05, 0) is 11.6 Å². The molecule has 0 spiro atoms. The van der Waals surface area contributed by atoms with Crippen molar-refractivity contribution in [1.29, 1.82) is 5.26 Å². The molecule has 18 heavy (non-hydrogen) atoms. The molecule has 0 aliphatic rings. The van der Waals surface area contributed by atoms with Gasteiger partial charge >= 0.3 is 0 Å². The van der Waals surface area contributed by atoms with Crippen molar-refractivity contribution >= 4 is 6.21 Å². The van der Waals surface area contributed by atoms with Crippen molar-refractivity contribution in [2.75, 3.05) is 0 Å². The Balaban J connectivity index is 1.94. The highest BCUT2D eigenvalue weighted by Crippen LogP contribution is 2.05. The highest BCUT2D eigenvalue weighted by molar-refractivity contribution is 5.82. The average Bonchev–Trinajstić information content (AvgIpc) is 2.45. The van der Waals surface area contributed by atoms with E-state index in [1.165, 1.54) is 0 Å². The third kappa shape index (κ3) is 3.19. The van der Waals surface area contributed by atoms with Gasteiger partial charge in [0.1, 0.15) is 12.8 Å². The van der Waals surface area contributed by atoms with E-state index in [0.717, 1.165) is 5.56 Å². The van der Waals surface area contributed by atoms with E-state index in [0.29, 0.717) is 17.7 Å². The van der Waals surface area contributed by atoms with Crippen molar-refractivity contribution in [1.82, 2.24) is 0 Å². The molecule has 0 fully saturated rings. The fourth-order valence-corrected chi connectivity index (χ4v) is 1.44. The Morgan fingerprint density at radius 2 is 1.61 bits per heavy atom. The van der Waals surface area contributed by atoms with Gasteiger partial charge in [0, 0.05) is 5.56 Å². The van der Waals surface area contributed by atoms with Gasteiger partial charge in [-0.15, -0.1) is 0 Å². The Bertz CT molecular complexity index is 571. The molecule has 87 valence electrons. The summed E-state index contributed by atoms with van der Waals surface area (Å²) < 4.78 is 0. The van der Waals surface area contributed by atoms with Crippen LogP contribution < -0.4 is 0 Å². The summed E-state index contributed by atoms with van der Waals surface area (Å²) in [6, 6.07) is 18.9. The first-order valence-electron chi connectivity index (χ1n) is 5.51. The van der Waals surface area contributed by atoms with Crippen molar-refractivity contribution in [2.24, 2.45) is 5.16 Å². The zero-order valence-electron chi connectivity index (χ0n) is 9.71. The van der Waals surface area contributed by atoms with Gasteiger partial charge in [0.05, 0.1) is 11.6 Å². The normalized spacial score (nSPS) is 10.2. The summed E-state index contributed by atoms with van der Waals surface area (Å²) in [4.78, 5) is 5.13. The summed E-state index contributed by atoms with van der Waals surface area (Å²) in [5.74, 6) is 0. The molecular formula is C15H11N2O. The van der Waals surface area contributed by atoms with Crippen LogP contribution in [0.4, 0.5) is 0 Å². The summed E-state index contributed by atoms with van der Waals surface area (Å²) in [5.41, 5.74) is 2.20. The first-order chi connectivity index (χ1) is 8.90. The molecule has 0 atom stereocenters. The molecular weight excluding hydrogens is 224 g/mol. The van der Waals surface area contributed by atoms with Gasteiger partial charge in [-0.3, -0.25) is 0 Å². The van der Waals surface area contributed by atoms with Crippen LogP contribution in [0.15, 0.2) is 59.8 Å². The number of hydrogen-bond donors (Lipinski definition) is 0. The minimum absolute atomic E-state index is 0.391. The molecule has 2 aromatic rings. The van der Waals surface area contributed by atoms with Gasteiger partial charge in [-0.1, -0.05) is 53.7 Å². The van der Waals surface area contributed by atoms with E-state index in [9.17, 15) is 0 Å². The summed E-state index contributed by atoms with van der Waals surface area (Å²) >= 11 is 0. The van der Waals surface area contributed by atoms with Crippen LogP contribution >= 0.6 is 0 Å². The maximum absolute atomic E-state index is 8.88. The van der Waals surface area contributed by atoms with Gasteiger partial charge in [0.2, 0.25) is 0 Å². The van der Waals surface area contributed by atoms with Gasteiger partial charge in [-0.2, -0.15) is 5.26 Å². The van der Waals surface area contributed by atoms with Crippen molar-refractivity contribution in [3.8, 4) is 6.07 Å². The Kier molecular flexibility index (Phi) is 4.10. The Morgan fingerprint density at radius 3 is 2.33 bits per heavy atom. The van der Waals surface area contributed by atoms with E-state index in [1.807, 2.05) is 36.4 Å². The van der Waals surface area contributed by atoms with Crippen LogP contribution in [0.25, 0.3) is 0 Å². The SMILES string of the molecule is N#Cc1ccccc1/[C]=N\OCc1ccccc1. The lowest BCUT2D eigenvalue weighted by Crippen LogP contribution is -1.90. The highest BCUT2D eigenvalue weighted by atomic mass is 16.6. The molecule has 1 radical (unpaired) electrons. The van der Waals surface area contributed by atoms with Crippen LogP contribution in [0.5, 0.6) is 0 Å². The Morgan fingerprint density at radius 1 is 0.944 bits per heavy atom. The number of nitrogens with zero attached hydrogens (tertiary/aromatic N) is 2. The van der Waals surface area contributed by atoms with Crippen LogP contribution in [-0.4, -0.2) is 6.21 Å².